The van der Waals surface area contributed by atoms with E-state index in [1.165, 1.54) is 0 Å². The van der Waals surface area contributed by atoms with Crippen LogP contribution in [-0.4, -0.2) is 72.3 Å². The summed E-state index contributed by atoms with van der Waals surface area (Å²) in [5, 5.41) is 8.42. The summed E-state index contributed by atoms with van der Waals surface area (Å²) in [7, 11) is -3.60. The van der Waals surface area contributed by atoms with Crippen LogP contribution in [0.3, 0.4) is 0 Å². The molecule has 0 heterocycles. The first-order valence-electron chi connectivity index (χ1n) is 5.53. The van der Waals surface area contributed by atoms with Gasteiger partial charge in [0.1, 0.15) is 5.88 Å². The lowest BCUT2D eigenvalue weighted by atomic mass is 10.7. The predicted octanol–water partition coefficient (Wildman–Crippen LogP) is -1.71. The van der Waals surface area contributed by atoms with Gasteiger partial charge in [-0.3, -0.25) is 4.18 Å². The van der Waals surface area contributed by atoms with Gasteiger partial charge in [0.05, 0.1) is 52.9 Å². The van der Waals surface area contributed by atoms with Crippen LogP contribution < -0.4 is 5.73 Å². The molecule has 0 aliphatic heterocycles. The zero-order chi connectivity index (χ0) is 13.7. The van der Waals surface area contributed by atoms with Crippen LogP contribution in [0.25, 0.3) is 0 Å². The van der Waals surface area contributed by atoms with Crippen LogP contribution in [0.4, 0.5) is 0 Å². The largest absolute Gasteiger partial charge is 0.394 e. The summed E-state index contributed by atoms with van der Waals surface area (Å²) in [6, 6.07) is 0. The van der Waals surface area contributed by atoms with Gasteiger partial charge in [-0.1, -0.05) is 0 Å². The Morgan fingerprint density at radius 1 is 0.833 bits per heavy atom. The summed E-state index contributed by atoms with van der Waals surface area (Å²) in [5.74, 6) is -0.538. The minimum Gasteiger partial charge on any atom is -0.394 e. The second-order valence-corrected chi connectivity index (χ2v) is 4.79. The van der Waals surface area contributed by atoms with Crippen LogP contribution in [0.5, 0.6) is 0 Å². The molecule has 0 aliphatic rings. The van der Waals surface area contributed by atoms with Crippen LogP contribution in [0.15, 0.2) is 0 Å². The van der Waals surface area contributed by atoms with Crippen molar-refractivity contribution in [3.8, 4) is 0 Å². The third-order valence-corrected chi connectivity index (χ3v) is 2.61. The fraction of sp³-hybridized carbons (Fsp3) is 1.00. The third-order valence-electron chi connectivity index (χ3n) is 1.67. The van der Waals surface area contributed by atoms with Gasteiger partial charge in [0, 0.05) is 0 Å². The Hall–Kier alpha value is -0.290. The van der Waals surface area contributed by atoms with E-state index in [1.54, 1.807) is 0 Å². The number of ether oxygens (including phenoxy) is 3. The van der Waals surface area contributed by atoms with E-state index in [4.69, 9.17) is 25.1 Å². The molecule has 9 heteroatoms. The number of hydrogen-bond donors (Lipinski definition) is 2. The molecule has 0 fully saturated rings. The number of hydrogen-bond acceptors (Lipinski definition) is 8. The van der Waals surface area contributed by atoms with Crippen molar-refractivity contribution in [2.24, 2.45) is 5.73 Å². The van der Waals surface area contributed by atoms with Crippen LogP contribution in [0, 0.1) is 0 Å². The first-order valence-corrected chi connectivity index (χ1v) is 7.11. The maximum atomic E-state index is 10.8. The fourth-order valence-electron chi connectivity index (χ4n) is 0.874. The van der Waals surface area contributed by atoms with Crippen molar-refractivity contribution in [2.45, 2.75) is 0 Å². The van der Waals surface area contributed by atoms with Gasteiger partial charge in [0.2, 0.25) is 0 Å². The molecule has 8 nitrogen and oxygen atoms in total. The van der Waals surface area contributed by atoms with Crippen molar-refractivity contribution >= 4 is 10.1 Å². The zero-order valence-corrected chi connectivity index (χ0v) is 11.1. The van der Waals surface area contributed by atoms with Crippen LogP contribution in [-0.2, 0) is 28.5 Å². The van der Waals surface area contributed by atoms with E-state index in [1.807, 2.05) is 0 Å². The zero-order valence-electron chi connectivity index (χ0n) is 10.2. The van der Waals surface area contributed by atoms with Gasteiger partial charge in [0.25, 0.3) is 10.1 Å². The number of aliphatic hydroxyl groups is 1. The van der Waals surface area contributed by atoms with Gasteiger partial charge in [0.15, 0.2) is 0 Å². The molecule has 0 aromatic carbocycles. The first kappa shape index (κ1) is 17.7. The average molecular weight is 287 g/mol. The molecule has 0 spiro atoms. The highest BCUT2D eigenvalue weighted by Crippen LogP contribution is 1.89. The van der Waals surface area contributed by atoms with E-state index in [2.05, 4.69) is 4.18 Å². The van der Waals surface area contributed by atoms with Gasteiger partial charge in [-0.2, -0.15) is 8.42 Å². The summed E-state index contributed by atoms with van der Waals surface area (Å²) >= 11 is 0. The second-order valence-electron chi connectivity index (χ2n) is 3.11. The lowest BCUT2D eigenvalue weighted by molar-refractivity contribution is 0.00390. The van der Waals surface area contributed by atoms with Gasteiger partial charge < -0.3 is 25.1 Å². The molecule has 0 atom stereocenters. The normalized spacial score (nSPS) is 11.9. The highest BCUT2D eigenvalue weighted by atomic mass is 32.2. The fourth-order valence-corrected chi connectivity index (χ4v) is 1.29. The maximum Gasteiger partial charge on any atom is 0.280 e. The highest BCUT2D eigenvalue weighted by molar-refractivity contribution is 7.86. The number of aliphatic hydroxyl groups excluding tert-OH is 1. The van der Waals surface area contributed by atoms with Crippen molar-refractivity contribution in [3.05, 3.63) is 0 Å². The van der Waals surface area contributed by atoms with E-state index in [0.717, 1.165) is 0 Å². The molecular formula is C9H21NO7S. The summed E-state index contributed by atoms with van der Waals surface area (Å²) in [6.45, 7) is 1.95. The molecule has 0 saturated carbocycles. The Bertz CT molecular complexity index is 270. The quantitative estimate of drug-likeness (QED) is 0.304. The molecular weight excluding hydrogens is 266 g/mol. The summed E-state index contributed by atoms with van der Waals surface area (Å²) in [6.07, 6.45) is 0. The van der Waals surface area contributed by atoms with Gasteiger partial charge in [-0.25, -0.2) is 0 Å². The molecule has 0 aromatic rings. The molecule has 0 rings (SSSR count). The van der Waals surface area contributed by atoms with E-state index in [0.29, 0.717) is 33.0 Å². The van der Waals surface area contributed by atoms with Gasteiger partial charge >= 0.3 is 0 Å². The van der Waals surface area contributed by atoms with Crippen molar-refractivity contribution in [3.63, 3.8) is 0 Å². The molecule has 0 radical (unpaired) electrons. The van der Waals surface area contributed by atoms with E-state index in [-0.39, 0.29) is 19.8 Å². The lowest BCUT2D eigenvalue weighted by Crippen LogP contribution is -2.20. The maximum absolute atomic E-state index is 10.8. The van der Waals surface area contributed by atoms with Crippen LogP contribution in [0.2, 0.25) is 0 Å². The monoisotopic (exact) mass is 287 g/mol. The van der Waals surface area contributed by atoms with Crippen molar-refractivity contribution < 1.29 is 31.9 Å². The molecule has 0 saturated heterocycles. The molecule has 0 bridgehead atoms. The average Bonchev–Trinajstić information content (AvgIpc) is 2.36. The standard InChI is InChI=1S/C9H21NO7S/c10-9-18(12,13)17-8-7-16-6-5-15-4-3-14-2-1-11/h11H,1-10H2. The number of rotatable bonds is 13. The van der Waals surface area contributed by atoms with Gasteiger partial charge in [-0.05, 0) is 0 Å². The summed E-state index contributed by atoms with van der Waals surface area (Å²) in [4.78, 5) is 0. The second kappa shape index (κ2) is 11.8. The van der Waals surface area contributed by atoms with E-state index in [9.17, 15) is 8.42 Å². The SMILES string of the molecule is NCS(=O)(=O)OCCOCCOCCOCCO. The third kappa shape index (κ3) is 12.2. The molecule has 3 N–H and O–H groups in total. The van der Waals surface area contributed by atoms with Crippen LogP contribution in [0.1, 0.15) is 0 Å². The Morgan fingerprint density at radius 2 is 1.28 bits per heavy atom. The lowest BCUT2D eigenvalue weighted by Gasteiger charge is -2.06. The molecule has 0 aromatic heterocycles. The van der Waals surface area contributed by atoms with E-state index < -0.39 is 16.0 Å². The Morgan fingerprint density at radius 3 is 1.72 bits per heavy atom. The predicted molar refractivity (Wildman–Crippen MR) is 63.5 cm³/mol. The minimum atomic E-state index is -3.60. The molecule has 110 valence electrons. The molecule has 18 heavy (non-hydrogen) atoms. The Kier molecular flexibility index (Phi) is 11.6. The Balaban J connectivity index is 3.12. The number of nitrogens with two attached hydrogens (primary N) is 1. The summed E-state index contributed by atoms with van der Waals surface area (Å²) < 4.78 is 41.3. The summed E-state index contributed by atoms with van der Waals surface area (Å²) in [5.41, 5.74) is 4.94. The molecule has 0 aliphatic carbocycles. The van der Waals surface area contributed by atoms with Crippen molar-refractivity contribution in [2.75, 3.05) is 58.7 Å². The van der Waals surface area contributed by atoms with Crippen LogP contribution >= 0.6 is 0 Å². The van der Waals surface area contributed by atoms with Crippen molar-refractivity contribution in [1.82, 2.24) is 0 Å². The van der Waals surface area contributed by atoms with Gasteiger partial charge in [-0.15, -0.1) is 0 Å². The Labute approximate surface area is 107 Å². The smallest absolute Gasteiger partial charge is 0.280 e. The highest BCUT2D eigenvalue weighted by Gasteiger charge is 2.06. The molecule has 0 unspecified atom stereocenters. The first-order chi connectivity index (χ1) is 8.62. The minimum absolute atomic E-state index is 0.00514. The van der Waals surface area contributed by atoms with E-state index >= 15 is 0 Å². The van der Waals surface area contributed by atoms with Crippen molar-refractivity contribution in [1.29, 1.82) is 0 Å². The molecule has 0 amide bonds. The topological polar surface area (TPSA) is 117 Å².